The highest BCUT2D eigenvalue weighted by Gasteiger charge is 2.13. The molecule has 6 heteroatoms. The number of nitrogens with two attached hydrogens (primary N) is 1. The van der Waals surface area contributed by atoms with Gasteiger partial charge in [0.15, 0.2) is 0 Å². The Balaban J connectivity index is 0.000000440. The summed E-state index contributed by atoms with van der Waals surface area (Å²) < 4.78 is 0. The molecule has 148 valence electrons. The molecule has 0 aromatic heterocycles. The summed E-state index contributed by atoms with van der Waals surface area (Å²) >= 11 is 12.2. The Labute approximate surface area is 170 Å². The molecule has 2 aromatic carbocycles. The van der Waals surface area contributed by atoms with Crippen LogP contribution in [0.2, 0.25) is 10.0 Å². The number of benzene rings is 2. The van der Waals surface area contributed by atoms with Gasteiger partial charge in [-0.3, -0.25) is 4.79 Å². The number of primary amides is 1. The maximum absolute atomic E-state index is 9.83. The van der Waals surface area contributed by atoms with E-state index in [4.69, 9.17) is 28.0 Å². The number of carbonyl (C=O) groups is 1. The molecule has 0 bridgehead atoms. The molecule has 3 rings (SSSR count). The van der Waals surface area contributed by atoms with Gasteiger partial charge in [0.05, 0.1) is 0 Å². The fourth-order valence-electron chi connectivity index (χ4n) is 2.31. The molecule has 1 fully saturated rings. The third kappa shape index (κ3) is 8.10. The number of phenols is 2. The number of hydrogen-bond acceptors (Lipinski definition) is 3. The van der Waals surface area contributed by atoms with E-state index in [-0.39, 0.29) is 18.1 Å². The van der Waals surface area contributed by atoms with Crippen molar-refractivity contribution >= 4 is 29.6 Å². The van der Waals surface area contributed by atoms with Crippen molar-refractivity contribution in [1.82, 2.24) is 0 Å². The zero-order valence-corrected chi connectivity index (χ0v) is 17.4. The minimum absolute atomic E-state index is 0.0531. The third-order valence-electron chi connectivity index (χ3n) is 4.09. The van der Waals surface area contributed by atoms with E-state index >= 15 is 0 Å². The summed E-state index contributed by atoms with van der Waals surface area (Å²) in [6.45, 7) is 6.33. The lowest BCUT2D eigenvalue weighted by Gasteiger charge is -2.12. The molecule has 0 radical (unpaired) electrons. The van der Waals surface area contributed by atoms with E-state index < -0.39 is 0 Å². The van der Waals surface area contributed by atoms with Crippen molar-refractivity contribution in [2.45, 2.75) is 46.0 Å². The van der Waals surface area contributed by atoms with Crippen molar-refractivity contribution in [2.24, 2.45) is 11.7 Å². The van der Waals surface area contributed by atoms with Crippen LogP contribution >= 0.6 is 23.2 Å². The maximum Gasteiger partial charge on any atom is 0.204 e. The van der Waals surface area contributed by atoms with Gasteiger partial charge in [0.25, 0.3) is 0 Å². The molecule has 0 atom stereocenters. The molecule has 2 aromatic rings. The van der Waals surface area contributed by atoms with Crippen molar-refractivity contribution < 1.29 is 15.0 Å². The monoisotopic (exact) mass is 411 g/mol. The van der Waals surface area contributed by atoms with Gasteiger partial charge >= 0.3 is 0 Å². The van der Waals surface area contributed by atoms with Gasteiger partial charge in [-0.2, -0.15) is 0 Å². The highest BCUT2D eigenvalue weighted by Crippen LogP contribution is 2.33. The van der Waals surface area contributed by atoms with E-state index in [9.17, 15) is 10.2 Å². The van der Waals surface area contributed by atoms with Crippen molar-refractivity contribution in [3.8, 4) is 11.5 Å². The molecule has 1 amide bonds. The van der Waals surface area contributed by atoms with Crippen molar-refractivity contribution in [1.29, 1.82) is 0 Å². The minimum Gasteiger partial charge on any atom is -0.508 e. The number of rotatable bonds is 3. The number of halogens is 2. The molecule has 0 heterocycles. The Kier molecular flexibility index (Phi) is 9.47. The lowest BCUT2D eigenvalue weighted by atomic mass is 9.96. The zero-order valence-electron chi connectivity index (χ0n) is 15.9. The molecule has 0 saturated heterocycles. The average molecular weight is 412 g/mol. The van der Waals surface area contributed by atoms with Crippen molar-refractivity contribution in [3.05, 3.63) is 57.1 Å². The quantitative estimate of drug-likeness (QED) is 0.571. The fraction of sp³-hybridized carbons (Fsp3) is 0.381. The lowest BCUT2D eigenvalue weighted by Crippen LogP contribution is -1.95. The summed E-state index contributed by atoms with van der Waals surface area (Å²) in [5.41, 5.74) is 6.85. The van der Waals surface area contributed by atoms with Gasteiger partial charge in [-0.15, -0.1) is 0 Å². The number of phenolic OH excluding ortho intramolecular Hbond substituents is 2. The summed E-state index contributed by atoms with van der Waals surface area (Å²) in [6.07, 6.45) is 3.78. The Morgan fingerprint density at radius 1 is 1.15 bits per heavy atom. The molecule has 4 nitrogen and oxygen atoms in total. The van der Waals surface area contributed by atoms with Crippen LogP contribution in [-0.2, 0) is 11.2 Å². The van der Waals surface area contributed by atoms with Crippen LogP contribution in [0.1, 0.15) is 56.2 Å². The molecular weight excluding hydrogens is 385 g/mol. The maximum atomic E-state index is 9.83. The second-order valence-electron chi connectivity index (χ2n) is 6.93. The molecule has 27 heavy (non-hydrogen) atoms. The van der Waals surface area contributed by atoms with E-state index in [1.807, 2.05) is 26.0 Å². The van der Waals surface area contributed by atoms with Crippen molar-refractivity contribution in [2.75, 3.05) is 0 Å². The molecule has 1 aliphatic carbocycles. The molecule has 1 aliphatic rings. The lowest BCUT2D eigenvalue weighted by molar-refractivity contribution is -0.106. The van der Waals surface area contributed by atoms with E-state index in [1.54, 1.807) is 6.07 Å². The molecular formula is C21H27Cl2NO3. The number of carbonyl (C=O) groups excluding carboxylic acids is 1. The normalized spacial score (nSPS) is 12.5. The van der Waals surface area contributed by atoms with Crippen LogP contribution in [0.15, 0.2) is 30.3 Å². The minimum atomic E-state index is 0.0531. The zero-order chi connectivity index (χ0) is 20.6. The van der Waals surface area contributed by atoms with Crippen LogP contribution in [0, 0.1) is 5.92 Å². The van der Waals surface area contributed by atoms with Gasteiger partial charge in [0, 0.05) is 16.5 Å². The van der Waals surface area contributed by atoms with E-state index in [1.165, 1.54) is 25.0 Å². The summed E-state index contributed by atoms with van der Waals surface area (Å²) in [6, 6.07) is 8.45. The van der Waals surface area contributed by atoms with Crippen LogP contribution in [0.4, 0.5) is 0 Å². The first-order valence-corrected chi connectivity index (χ1v) is 9.59. The van der Waals surface area contributed by atoms with E-state index in [0.29, 0.717) is 22.2 Å². The second kappa shape index (κ2) is 11.1. The van der Waals surface area contributed by atoms with E-state index in [0.717, 1.165) is 22.6 Å². The van der Waals surface area contributed by atoms with Crippen LogP contribution in [0.3, 0.4) is 0 Å². The first kappa shape index (κ1) is 23.1. The number of hydrogen-bond donors (Lipinski definition) is 3. The predicted octanol–water partition coefficient (Wildman–Crippen LogP) is 5.64. The van der Waals surface area contributed by atoms with Crippen LogP contribution < -0.4 is 5.73 Å². The molecule has 0 unspecified atom stereocenters. The SMILES string of the molecule is CC(C)c1cc(Cc2c(Cl)cc(O)cc2Cl)ccc1O.CC1CC1.NC=O. The van der Waals surface area contributed by atoms with Crippen molar-refractivity contribution in [3.63, 3.8) is 0 Å². The van der Waals surface area contributed by atoms with Gasteiger partial charge in [-0.25, -0.2) is 0 Å². The highest BCUT2D eigenvalue weighted by molar-refractivity contribution is 6.36. The summed E-state index contributed by atoms with van der Waals surface area (Å²) in [5.74, 6) is 1.67. The van der Waals surface area contributed by atoms with Crippen LogP contribution in [-0.4, -0.2) is 16.6 Å². The Bertz CT molecular complexity index is 736. The third-order valence-corrected chi connectivity index (χ3v) is 4.76. The first-order chi connectivity index (χ1) is 12.7. The van der Waals surface area contributed by atoms with Gasteiger partial charge in [0.2, 0.25) is 6.41 Å². The Morgan fingerprint density at radius 3 is 2.04 bits per heavy atom. The van der Waals surface area contributed by atoms with Crippen LogP contribution in [0.5, 0.6) is 11.5 Å². The summed E-state index contributed by atoms with van der Waals surface area (Å²) in [4.78, 5) is 8.58. The summed E-state index contributed by atoms with van der Waals surface area (Å²) in [7, 11) is 0. The molecule has 4 N–H and O–H groups in total. The van der Waals surface area contributed by atoms with Gasteiger partial charge < -0.3 is 15.9 Å². The number of amides is 1. The molecule has 0 aliphatic heterocycles. The topological polar surface area (TPSA) is 83.6 Å². The van der Waals surface area contributed by atoms with E-state index in [2.05, 4.69) is 12.7 Å². The Morgan fingerprint density at radius 2 is 1.63 bits per heavy atom. The standard InChI is InChI=1S/C16H16Cl2O2.C4H8.CH3NO/c1-9(2)12-5-10(3-4-16(12)20)6-13-14(17)7-11(19)8-15(13)18;1-4-2-3-4;2-1-3/h3-5,7-9,19-20H,6H2,1-2H3;4H,2-3H2,1H3;1H,(H2,2,3). The Hall–Kier alpha value is -1.91. The highest BCUT2D eigenvalue weighted by atomic mass is 35.5. The largest absolute Gasteiger partial charge is 0.508 e. The summed E-state index contributed by atoms with van der Waals surface area (Å²) in [5, 5.41) is 20.1. The molecule has 1 saturated carbocycles. The number of aromatic hydroxyl groups is 2. The first-order valence-electron chi connectivity index (χ1n) is 8.83. The average Bonchev–Trinajstić information content (AvgIpc) is 3.35. The van der Waals surface area contributed by atoms with Gasteiger partial charge in [-0.1, -0.05) is 68.9 Å². The van der Waals surface area contributed by atoms with Gasteiger partial charge in [-0.05, 0) is 46.7 Å². The molecule has 0 spiro atoms. The van der Waals surface area contributed by atoms with Crippen LogP contribution in [0.25, 0.3) is 0 Å². The fourth-order valence-corrected chi connectivity index (χ4v) is 2.91. The second-order valence-corrected chi connectivity index (χ2v) is 7.75. The predicted molar refractivity (Wildman–Crippen MR) is 112 cm³/mol. The van der Waals surface area contributed by atoms with Gasteiger partial charge in [0.1, 0.15) is 11.5 Å². The smallest absolute Gasteiger partial charge is 0.204 e.